The summed E-state index contributed by atoms with van der Waals surface area (Å²) in [6.45, 7) is 4.79. The number of nitrogens with zero attached hydrogens (tertiary/aromatic N) is 1. The molecule has 0 saturated carbocycles. The van der Waals surface area contributed by atoms with Crippen molar-refractivity contribution in [2.75, 3.05) is 6.61 Å². The molecule has 0 aliphatic heterocycles. The smallest absolute Gasteiger partial charge is 0.235 e. The normalized spacial score (nSPS) is 10.8. The Morgan fingerprint density at radius 3 is 2.46 bits per heavy atom. The van der Waals surface area contributed by atoms with E-state index < -0.39 is 4.92 Å². The largest absolute Gasteiger partial charge is 0.490 e. The van der Waals surface area contributed by atoms with Crippen LogP contribution in [0.5, 0.6) is 11.5 Å². The van der Waals surface area contributed by atoms with E-state index in [1.54, 1.807) is 12.1 Å². The van der Waals surface area contributed by atoms with Gasteiger partial charge in [0.2, 0.25) is 6.20 Å². The van der Waals surface area contributed by atoms with E-state index in [1.165, 1.54) is 11.6 Å². The lowest BCUT2D eigenvalue weighted by atomic mass is 10.1. The molecule has 2 rings (SSSR count). The van der Waals surface area contributed by atoms with Crippen LogP contribution in [0.3, 0.4) is 0 Å². The Labute approximate surface area is 149 Å². The Morgan fingerprint density at radius 2 is 1.83 bits per heavy atom. The molecule has 5 nitrogen and oxygen atoms in total. The first-order chi connectivity index (χ1) is 11.5. The fourth-order valence-electron chi connectivity index (χ4n) is 2.05. The van der Waals surface area contributed by atoms with Gasteiger partial charge in [0.15, 0.2) is 11.5 Å². The topological polar surface area (TPSA) is 61.6 Å². The van der Waals surface area contributed by atoms with Crippen molar-refractivity contribution in [3.05, 3.63) is 73.9 Å². The van der Waals surface area contributed by atoms with Crippen LogP contribution in [0.1, 0.15) is 23.6 Å². The summed E-state index contributed by atoms with van der Waals surface area (Å²) in [5, 5.41) is 10.5. The lowest BCUT2D eigenvalue weighted by Gasteiger charge is -2.14. The molecule has 2 aromatic rings. The van der Waals surface area contributed by atoms with Crippen LogP contribution in [-0.2, 0) is 6.61 Å². The number of nitro groups is 1. The van der Waals surface area contributed by atoms with Crippen molar-refractivity contribution < 1.29 is 14.4 Å². The molecule has 2 aromatic carbocycles. The fourth-order valence-corrected chi connectivity index (χ4v) is 2.50. The monoisotopic (exact) mass is 391 g/mol. The van der Waals surface area contributed by atoms with Gasteiger partial charge in [-0.15, -0.1) is 0 Å². The number of hydrogen-bond acceptors (Lipinski definition) is 4. The van der Waals surface area contributed by atoms with Crippen molar-refractivity contribution in [1.29, 1.82) is 0 Å². The van der Waals surface area contributed by atoms with Crippen LogP contribution < -0.4 is 9.47 Å². The van der Waals surface area contributed by atoms with Crippen molar-refractivity contribution in [3.63, 3.8) is 0 Å². The summed E-state index contributed by atoms with van der Waals surface area (Å²) >= 11 is 3.41. The summed E-state index contributed by atoms with van der Waals surface area (Å²) in [7, 11) is 0. The lowest BCUT2D eigenvalue weighted by molar-refractivity contribution is -0.400. The third kappa shape index (κ3) is 5.09. The minimum absolute atomic E-state index is 0.414. The molecule has 6 heteroatoms. The number of ether oxygens (including phenoxy) is 2. The molecule has 126 valence electrons. The first-order valence-corrected chi connectivity index (χ1v) is 8.25. The summed E-state index contributed by atoms with van der Waals surface area (Å²) in [5.41, 5.74) is 2.90. The Kier molecular flexibility index (Phi) is 6.37. The predicted molar refractivity (Wildman–Crippen MR) is 96.9 cm³/mol. The Bertz CT molecular complexity index is 741. The van der Waals surface area contributed by atoms with Gasteiger partial charge in [-0.3, -0.25) is 10.1 Å². The van der Waals surface area contributed by atoms with Gasteiger partial charge in [-0.2, -0.15) is 0 Å². The average molecular weight is 392 g/mol. The summed E-state index contributed by atoms with van der Waals surface area (Å²) < 4.78 is 12.2. The maximum Gasteiger partial charge on any atom is 0.235 e. The second-order valence-corrected chi connectivity index (χ2v) is 5.98. The van der Waals surface area contributed by atoms with Crippen molar-refractivity contribution in [1.82, 2.24) is 0 Å². The molecule has 0 bridgehead atoms. The molecule has 0 spiro atoms. The molecule has 0 aromatic heterocycles. The second kappa shape index (κ2) is 8.49. The van der Waals surface area contributed by atoms with Crippen LogP contribution in [-0.4, -0.2) is 11.5 Å². The van der Waals surface area contributed by atoms with Gasteiger partial charge in [-0.25, -0.2) is 0 Å². The summed E-state index contributed by atoms with van der Waals surface area (Å²) in [6.07, 6.45) is 2.30. The zero-order chi connectivity index (χ0) is 17.5. The van der Waals surface area contributed by atoms with Crippen molar-refractivity contribution in [2.24, 2.45) is 0 Å². The molecule has 0 atom stereocenters. The van der Waals surface area contributed by atoms with Crippen molar-refractivity contribution >= 4 is 22.0 Å². The fraction of sp³-hybridized carbons (Fsp3) is 0.222. The SMILES string of the molecule is CCOc1cc(/C=C/[N+](=O)[O-])c(Br)cc1OCc1ccc(C)cc1. The Morgan fingerprint density at radius 1 is 1.17 bits per heavy atom. The zero-order valence-electron chi connectivity index (χ0n) is 13.5. The van der Waals surface area contributed by atoms with Crippen LogP contribution in [0.15, 0.2) is 47.1 Å². The molecule has 0 unspecified atom stereocenters. The van der Waals surface area contributed by atoms with E-state index in [0.29, 0.717) is 34.7 Å². The molecule has 0 N–H and O–H groups in total. The molecular weight excluding hydrogens is 374 g/mol. The number of rotatable bonds is 7. The van der Waals surface area contributed by atoms with Gasteiger partial charge >= 0.3 is 0 Å². The maximum absolute atomic E-state index is 10.5. The van der Waals surface area contributed by atoms with Gasteiger partial charge in [-0.05, 0) is 37.1 Å². The summed E-state index contributed by atoms with van der Waals surface area (Å²) in [6, 6.07) is 11.6. The molecule has 0 aliphatic carbocycles. The number of benzene rings is 2. The van der Waals surface area contributed by atoms with E-state index in [2.05, 4.69) is 15.9 Å². The Balaban J connectivity index is 2.22. The molecule has 0 saturated heterocycles. The highest BCUT2D eigenvalue weighted by Crippen LogP contribution is 2.35. The highest BCUT2D eigenvalue weighted by molar-refractivity contribution is 9.10. The quantitative estimate of drug-likeness (QED) is 0.492. The highest BCUT2D eigenvalue weighted by atomic mass is 79.9. The van der Waals surface area contributed by atoms with E-state index in [0.717, 1.165) is 11.8 Å². The standard InChI is InChI=1S/C18H18BrNO4/c1-3-23-17-10-15(8-9-20(21)22)16(19)11-18(17)24-12-14-6-4-13(2)5-7-14/h4-11H,3,12H2,1-2H3/b9-8+. The van der Waals surface area contributed by atoms with Gasteiger partial charge in [0.25, 0.3) is 0 Å². The molecular formula is C18H18BrNO4. The molecule has 0 amide bonds. The van der Waals surface area contributed by atoms with Gasteiger partial charge in [0.05, 0.1) is 11.5 Å². The van der Waals surface area contributed by atoms with Gasteiger partial charge in [0.1, 0.15) is 6.61 Å². The summed E-state index contributed by atoms with van der Waals surface area (Å²) in [5.74, 6) is 1.14. The van der Waals surface area contributed by atoms with Gasteiger partial charge < -0.3 is 9.47 Å². The first-order valence-electron chi connectivity index (χ1n) is 7.46. The second-order valence-electron chi connectivity index (χ2n) is 5.13. The third-order valence-electron chi connectivity index (χ3n) is 3.25. The lowest BCUT2D eigenvalue weighted by Crippen LogP contribution is -2.00. The molecule has 0 heterocycles. The van der Waals surface area contributed by atoms with E-state index in [-0.39, 0.29) is 0 Å². The number of halogens is 1. The molecule has 0 fully saturated rings. The minimum atomic E-state index is -0.505. The van der Waals surface area contributed by atoms with E-state index in [4.69, 9.17) is 9.47 Å². The van der Waals surface area contributed by atoms with Crippen LogP contribution in [0.4, 0.5) is 0 Å². The van der Waals surface area contributed by atoms with Gasteiger partial charge in [0, 0.05) is 10.5 Å². The molecule has 0 radical (unpaired) electrons. The average Bonchev–Trinajstić information content (AvgIpc) is 2.55. The van der Waals surface area contributed by atoms with Crippen LogP contribution in [0, 0.1) is 17.0 Å². The molecule has 0 aliphatic rings. The predicted octanol–water partition coefficient (Wildman–Crippen LogP) is 4.98. The van der Waals surface area contributed by atoms with Crippen molar-refractivity contribution in [2.45, 2.75) is 20.5 Å². The maximum atomic E-state index is 10.5. The first kappa shape index (κ1) is 18.0. The van der Waals surface area contributed by atoms with Crippen LogP contribution in [0.25, 0.3) is 6.08 Å². The van der Waals surface area contributed by atoms with E-state index >= 15 is 0 Å². The molecule has 24 heavy (non-hydrogen) atoms. The zero-order valence-corrected chi connectivity index (χ0v) is 15.1. The van der Waals surface area contributed by atoms with Crippen molar-refractivity contribution in [3.8, 4) is 11.5 Å². The number of aryl methyl sites for hydroxylation is 1. The van der Waals surface area contributed by atoms with E-state index in [9.17, 15) is 10.1 Å². The van der Waals surface area contributed by atoms with Crippen LogP contribution in [0.2, 0.25) is 0 Å². The highest BCUT2D eigenvalue weighted by Gasteiger charge is 2.10. The number of hydrogen-bond donors (Lipinski definition) is 0. The van der Waals surface area contributed by atoms with Crippen LogP contribution >= 0.6 is 15.9 Å². The minimum Gasteiger partial charge on any atom is -0.490 e. The third-order valence-corrected chi connectivity index (χ3v) is 3.94. The summed E-state index contributed by atoms with van der Waals surface area (Å²) in [4.78, 5) is 9.99. The van der Waals surface area contributed by atoms with E-state index in [1.807, 2.05) is 38.1 Å². The van der Waals surface area contributed by atoms with Gasteiger partial charge in [-0.1, -0.05) is 45.8 Å². The Hall–Kier alpha value is -2.34.